The number of amides is 2. The molecule has 0 fully saturated rings. The number of nitrogens with two attached hydrogens (primary N) is 1. The highest BCUT2D eigenvalue weighted by molar-refractivity contribution is 7.17. The zero-order valence-electron chi connectivity index (χ0n) is 11.5. The summed E-state index contributed by atoms with van der Waals surface area (Å²) in [4.78, 5) is 27.9. The highest BCUT2D eigenvalue weighted by Gasteiger charge is 2.19. The second kappa shape index (κ2) is 6.24. The first-order valence-corrected chi connectivity index (χ1v) is 7.41. The van der Waals surface area contributed by atoms with Crippen LogP contribution in [-0.4, -0.2) is 22.8 Å². The van der Waals surface area contributed by atoms with E-state index in [1.807, 2.05) is 12.1 Å². The van der Waals surface area contributed by atoms with Crippen molar-refractivity contribution in [3.8, 4) is 10.6 Å². The topological polar surface area (TPSA) is 85.1 Å². The number of nitrogens with zero attached hydrogens (tertiary/aromatic N) is 1. The summed E-state index contributed by atoms with van der Waals surface area (Å²) in [6, 6.07) is 6.52. The molecular formula is C14H14ClN3O2S. The van der Waals surface area contributed by atoms with E-state index in [1.54, 1.807) is 19.1 Å². The van der Waals surface area contributed by atoms with E-state index in [9.17, 15) is 9.59 Å². The highest BCUT2D eigenvalue weighted by Crippen LogP contribution is 2.29. The number of primary amides is 1. The van der Waals surface area contributed by atoms with Crippen LogP contribution in [0.2, 0.25) is 5.02 Å². The van der Waals surface area contributed by atoms with Crippen LogP contribution in [0.4, 0.5) is 0 Å². The molecule has 2 amide bonds. The number of carbonyl (C=O) groups excluding carboxylic acids is 2. The number of rotatable bonds is 4. The largest absolute Gasteiger partial charge is 0.368 e. The molecule has 0 aliphatic rings. The van der Waals surface area contributed by atoms with Gasteiger partial charge in [-0.1, -0.05) is 23.7 Å². The monoisotopic (exact) mass is 323 g/mol. The van der Waals surface area contributed by atoms with E-state index in [0.29, 0.717) is 20.6 Å². The van der Waals surface area contributed by atoms with Gasteiger partial charge in [0, 0.05) is 10.6 Å². The van der Waals surface area contributed by atoms with Gasteiger partial charge in [-0.05, 0) is 26.0 Å². The second-order valence-corrected chi connectivity index (χ2v) is 5.98. The van der Waals surface area contributed by atoms with Gasteiger partial charge in [0.25, 0.3) is 5.91 Å². The third-order valence-electron chi connectivity index (χ3n) is 2.85. The van der Waals surface area contributed by atoms with Gasteiger partial charge >= 0.3 is 0 Å². The van der Waals surface area contributed by atoms with Crippen molar-refractivity contribution in [3.05, 3.63) is 39.9 Å². The maximum Gasteiger partial charge on any atom is 0.263 e. The Morgan fingerprint density at radius 3 is 2.76 bits per heavy atom. The molecule has 0 aliphatic carbocycles. The molecule has 1 unspecified atom stereocenters. The summed E-state index contributed by atoms with van der Waals surface area (Å²) in [7, 11) is 0. The smallest absolute Gasteiger partial charge is 0.263 e. The Labute approximate surface area is 131 Å². The van der Waals surface area contributed by atoms with Crippen molar-refractivity contribution in [3.63, 3.8) is 0 Å². The lowest BCUT2D eigenvalue weighted by Crippen LogP contribution is -2.42. The Morgan fingerprint density at radius 2 is 2.14 bits per heavy atom. The fourth-order valence-electron chi connectivity index (χ4n) is 1.69. The zero-order chi connectivity index (χ0) is 15.6. The van der Waals surface area contributed by atoms with E-state index in [4.69, 9.17) is 17.3 Å². The molecule has 1 aromatic carbocycles. The number of aromatic nitrogens is 1. The van der Waals surface area contributed by atoms with E-state index >= 15 is 0 Å². The molecule has 0 saturated heterocycles. The van der Waals surface area contributed by atoms with Crippen molar-refractivity contribution < 1.29 is 9.59 Å². The van der Waals surface area contributed by atoms with Crippen LogP contribution in [0.3, 0.4) is 0 Å². The van der Waals surface area contributed by atoms with Crippen molar-refractivity contribution in [1.29, 1.82) is 0 Å². The number of hydrogen-bond donors (Lipinski definition) is 2. The molecule has 1 heterocycles. The van der Waals surface area contributed by atoms with Gasteiger partial charge in [-0.3, -0.25) is 9.59 Å². The minimum absolute atomic E-state index is 0.357. The quantitative estimate of drug-likeness (QED) is 0.905. The number of hydrogen-bond acceptors (Lipinski definition) is 4. The van der Waals surface area contributed by atoms with Gasteiger partial charge in [0.2, 0.25) is 5.91 Å². The average Bonchev–Trinajstić information content (AvgIpc) is 2.80. The molecule has 2 aromatic rings. The lowest BCUT2D eigenvalue weighted by atomic mass is 10.2. The Bertz CT molecular complexity index is 699. The lowest BCUT2D eigenvalue weighted by Gasteiger charge is -2.08. The molecule has 0 saturated carbocycles. The van der Waals surface area contributed by atoms with Gasteiger partial charge in [0.15, 0.2) is 0 Å². The average molecular weight is 324 g/mol. The van der Waals surface area contributed by atoms with Gasteiger partial charge in [-0.25, -0.2) is 4.98 Å². The van der Waals surface area contributed by atoms with Crippen molar-refractivity contribution in [2.75, 3.05) is 0 Å². The van der Waals surface area contributed by atoms with Gasteiger partial charge in [0.05, 0.1) is 5.69 Å². The van der Waals surface area contributed by atoms with Gasteiger partial charge in [-0.2, -0.15) is 0 Å². The van der Waals surface area contributed by atoms with E-state index in [1.165, 1.54) is 18.3 Å². The van der Waals surface area contributed by atoms with E-state index < -0.39 is 11.9 Å². The van der Waals surface area contributed by atoms with Crippen LogP contribution in [0.5, 0.6) is 0 Å². The third-order valence-corrected chi connectivity index (χ3v) is 4.29. The van der Waals surface area contributed by atoms with Crippen molar-refractivity contribution in [2.24, 2.45) is 5.73 Å². The molecule has 0 spiro atoms. The number of halogens is 1. The Hall–Kier alpha value is -1.92. The summed E-state index contributed by atoms with van der Waals surface area (Å²) in [6.45, 7) is 3.28. The Morgan fingerprint density at radius 1 is 1.43 bits per heavy atom. The summed E-state index contributed by atoms with van der Waals surface area (Å²) in [5.74, 6) is -0.940. The molecule has 1 atom stereocenters. The number of carbonyl (C=O) groups is 2. The maximum absolute atomic E-state index is 12.1. The first kappa shape index (κ1) is 15.5. The number of thiazole rings is 1. The summed E-state index contributed by atoms with van der Waals surface area (Å²) in [6.07, 6.45) is 0. The van der Waals surface area contributed by atoms with Crippen LogP contribution in [0.15, 0.2) is 24.3 Å². The molecule has 0 radical (unpaired) electrons. The van der Waals surface area contributed by atoms with E-state index in [-0.39, 0.29) is 5.91 Å². The molecule has 110 valence electrons. The van der Waals surface area contributed by atoms with Crippen LogP contribution in [0.25, 0.3) is 10.6 Å². The number of nitrogens with one attached hydrogen (secondary N) is 1. The van der Waals surface area contributed by atoms with Crippen molar-refractivity contribution in [2.45, 2.75) is 19.9 Å². The Kier molecular flexibility index (Phi) is 4.59. The first-order valence-electron chi connectivity index (χ1n) is 6.22. The normalized spacial score (nSPS) is 12.0. The molecule has 1 aromatic heterocycles. The lowest BCUT2D eigenvalue weighted by molar-refractivity contribution is -0.119. The standard InChI is InChI=1S/C14H14ClN3O2S/c1-7-11(13(20)17-8(2)12(16)19)21-14(18-7)9-4-3-5-10(15)6-9/h3-6,8H,1-2H3,(H2,16,19)(H,17,20). The molecule has 0 aliphatic heterocycles. The Balaban J connectivity index is 2.27. The van der Waals surface area contributed by atoms with Crippen LogP contribution < -0.4 is 11.1 Å². The van der Waals surface area contributed by atoms with Crippen LogP contribution in [-0.2, 0) is 4.79 Å². The van der Waals surface area contributed by atoms with Gasteiger partial charge < -0.3 is 11.1 Å². The fourth-order valence-corrected chi connectivity index (χ4v) is 2.84. The molecule has 21 heavy (non-hydrogen) atoms. The predicted molar refractivity (Wildman–Crippen MR) is 83.4 cm³/mol. The van der Waals surface area contributed by atoms with Crippen LogP contribution in [0.1, 0.15) is 22.3 Å². The molecular weight excluding hydrogens is 310 g/mol. The first-order chi connectivity index (χ1) is 9.88. The van der Waals surface area contributed by atoms with Gasteiger partial charge in [-0.15, -0.1) is 11.3 Å². The summed E-state index contributed by atoms with van der Waals surface area (Å²) in [5.41, 5.74) is 6.58. The fraction of sp³-hybridized carbons (Fsp3) is 0.214. The number of aryl methyl sites for hydroxylation is 1. The van der Waals surface area contributed by atoms with Crippen molar-refractivity contribution >= 4 is 34.8 Å². The summed E-state index contributed by atoms with van der Waals surface area (Å²) in [5, 5.41) is 3.85. The summed E-state index contributed by atoms with van der Waals surface area (Å²) < 4.78 is 0. The molecule has 0 bridgehead atoms. The van der Waals surface area contributed by atoms with Crippen LogP contribution >= 0.6 is 22.9 Å². The minimum Gasteiger partial charge on any atom is -0.368 e. The molecule has 5 nitrogen and oxygen atoms in total. The summed E-state index contributed by atoms with van der Waals surface area (Å²) >= 11 is 7.20. The zero-order valence-corrected chi connectivity index (χ0v) is 13.1. The van der Waals surface area contributed by atoms with E-state index in [0.717, 1.165) is 5.56 Å². The second-order valence-electron chi connectivity index (χ2n) is 4.54. The SMILES string of the molecule is Cc1nc(-c2cccc(Cl)c2)sc1C(=O)NC(C)C(N)=O. The minimum atomic E-state index is -0.728. The molecule has 3 N–H and O–H groups in total. The predicted octanol–water partition coefficient (Wildman–Crippen LogP) is 2.38. The molecule has 7 heteroatoms. The maximum atomic E-state index is 12.1. The van der Waals surface area contributed by atoms with Gasteiger partial charge in [0.1, 0.15) is 15.9 Å². The van der Waals surface area contributed by atoms with Crippen LogP contribution in [0, 0.1) is 6.92 Å². The molecule has 2 rings (SSSR count). The highest BCUT2D eigenvalue weighted by atomic mass is 35.5. The van der Waals surface area contributed by atoms with Crippen molar-refractivity contribution in [1.82, 2.24) is 10.3 Å². The number of benzene rings is 1. The van der Waals surface area contributed by atoms with E-state index in [2.05, 4.69) is 10.3 Å². The third kappa shape index (κ3) is 3.59.